The number of rotatable bonds is 3. The van der Waals surface area contributed by atoms with Gasteiger partial charge < -0.3 is 9.64 Å². The van der Waals surface area contributed by atoms with E-state index in [1.165, 1.54) is 0 Å². The molecule has 1 aliphatic heterocycles. The molecule has 1 atom stereocenters. The van der Waals surface area contributed by atoms with Crippen LogP contribution in [0.3, 0.4) is 0 Å². The maximum Gasteiger partial charge on any atom is 0.263 e. The molecule has 8 heteroatoms. The minimum absolute atomic E-state index is 0.168. The maximum absolute atomic E-state index is 12.6. The average molecular weight is 418 g/mol. The number of ether oxygens (including phenoxy) is 1. The Morgan fingerprint density at radius 1 is 1.31 bits per heavy atom. The van der Waals surface area contributed by atoms with Crippen molar-refractivity contribution < 1.29 is 4.74 Å². The Morgan fingerprint density at radius 3 is 2.69 bits per heavy atom. The van der Waals surface area contributed by atoms with Gasteiger partial charge in [-0.2, -0.15) is 4.98 Å². The number of H-pyrrole nitrogens is 1. The molecule has 0 unspecified atom stereocenters. The van der Waals surface area contributed by atoms with Gasteiger partial charge in [0.15, 0.2) is 5.65 Å². The summed E-state index contributed by atoms with van der Waals surface area (Å²) >= 11 is 3.51. The number of nitrogens with one attached hydrogen (secondary N) is 1. The van der Waals surface area contributed by atoms with Gasteiger partial charge in [0.2, 0.25) is 5.95 Å². The second kappa shape index (κ2) is 6.51. The lowest BCUT2D eigenvalue weighted by Crippen LogP contribution is -2.26. The molecule has 3 heterocycles. The third kappa shape index (κ3) is 2.93. The molecule has 7 nitrogen and oxygen atoms in total. The van der Waals surface area contributed by atoms with Crippen LogP contribution in [-0.2, 0) is 4.74 Å². The van der Waals surface area contributed by atoms with E-state index >= 15 is 0 Å². The number of fused-ring (bicyclic) bond motifs is 1. The number of aromatic nitrogens is 4. The molecular formula is C18H20BrN5O2. The number of nitrogens with zero attached hydrogens (tertiary/aromatic N) is 4. The van der Waals surface area contributed by atoms with Crippen molar-refractivity contribution in [3.05, 3.63) is 44.3 Å². The van der Waals surface area contributed by atoms with Crippen LogP contribution in [0, 0.1) is 13.8 Å². The summed E-state index contributed by atoms with van der Waals surface area (Å²) < 4.78 is 8.16. The van der Waals surface area contributed by atoms with E-state index in [1.807, 2.05) is 30.9 Å². The van der Waals surface area contributed by atoms with Gasteiger partial charge >= 0.3 is 0 Å². The van der Waals surface area contributed by atoms with Gasteiger partial charge in [0.05, 0.1) is 11.8 Å². The van der Waals surface area contributed by atoms with Gasteiger partial charge in [-0.3, -0.25) is 9.78 Å². The number of methoxy groups -OCH3 is 1. The smallest absolute Gasteiger partial charge is 0.263 e. The highest BCUT2D eigenvalue weighted by atomic mass is 79.9. The molecule has 136 valence electrons. The molecule has 1 fully saturated rings. The summed E-state index contributed by atoms with van der Waals surface area (Å²) in [6, 6.07) is 4.07. The molecule has 4 rings (SSSR count). The van der Waals surface area contributed by atoms with Crippen LogP contribution in [-0.4, -0.2) is 46.1 Å². The Balaban J connectivity index is 1.79. The molecular weight excluding hydrogens is 398 g/mol. The van der Waals surface area contributed by atoms with E-state index in [-0.39, 0.29) is 11.7 Å². The van der Waals surface area contributed by atoms with E-state index in [9.17, 15) is 4.79 Å². The number of benzene rings is 1. The van der Waals surface area contributed by atoms with E-state index in [2.05, 4.69) is 31.0 Å². The maximum atomic E-state index is 12.6. The molecule has 0 spiro atoms. The fraction of sp³-hybridized carbons (Fsp3) is 0.389. The van der Waals surface area contributed by atoms with Gasteiger partial charge in [0.1, 0.15) is 5.39 Å². The molecule has 1 aliphatic rings. The van der Waals surface area contributed by atoms with E-state index in [0.29, 0.717) is 17.0 Å². The molecule has 0 aliphatic carbocycles. The summed E-state index contributed by atoms with van der Waals surface area (Å²) in [5.74, 6) is 0.552. The van der Waals surface area contributed by atoms with Crippen molar-refractivity contribution in [1.29, 1.82) is 0 Å². The lowest BCUT2D eigenvalue weighted by Gasteiger charge is -2.15. The third-order valence-electron chi connectivity index (χ3n) is 4.84. The molecule has 2 aromatic heterocycles. The number of hydrogen-bond donors (Lipinski definition) is 1. The van der Waals surface area contributed by atoms with Gasteiger partial charge in [-0.15, -0.1) is 5.10 Å². The molecule has 0 radical (unpaired) electrons. The van der Waals surface area contributed by atoms with Crippen molar-refractivity contribution >= 4 is 32.9 Å². The predicted octanol–water partition coefficient (Wildman–Crippen LogP) is 2.71. The first-order valence-electron chi connectivity index (χ1n) is 8.51. The molecule has 1 N–H and O–H groups in total. The lowest BCUT2D eigenvalue weighted by atomic mass is 10.1. The number of aromatic amines is 1. The first kappa shape index (κ1) is 17.2. The van der Waals surface area contributed by atoms with Crippen molar-refractivity contribution in [1.82, 2.24) is 19.7 Å². The quantitative estimate of drug-likeness (QED) is 0.708. The molecule has 0 bridgehead atoms. The number of hydrogen-bond acceptors (Lipinski definition) is 5. The van der Waals surface area contributed by atoms with Crippen LogP contribution in [0.15, 0.2) is 27.6 Å². The van der Waals surface area contributed by atoms with Crippen LogP contribution in [0.2, 0.25) is 0 Å². The molecule has 1 saturated heterocycles. The van der Waals surface area contributed by atoms with Crippen LogP contribution in [0.4, 0.5) is 5.95 Å². The standard InChI is InChI=1S/C18H20BrN5O2/c1-10-6-12(19)7-11(2)15(10)24-9-14-16(22-24)20-18(21-17(14)25)23-5-4-13(8-23)26-3/h6-7,9,13H,4-5,8H2,1-3H3,(H,20,21,22,25)/t13-/m1/s1. The Bertz CT molecular complexity index is 1020. The van der Waals surface area contributed by atoms with Crippen molar-refractivity contribution in [3.63, 3.8) is 0 Å². The van der Waals surface area contributed by atoms with E-state index in [0.717, 1.165) is 40.8 Å². The van der Waals surface area contributed by atoms with Crippen LogP contribution < -0.4 is 10.5 Å². The summed E-state index contributed by atoms with van der Waals surface area (Å²) in [6.07, 6.45) is 2.83. The summed E-state index contributed by atoms with van der Waals surface area (Å²) in [6.45, 7) is 5.57. The highest BCUT2D eigenvalue weighted by molar-refractivity contribution is 9.10. The summed E-state index contributed by atoms with van der Waals surface area (Å²) in [5, 5.41) is 5.06. The number of halogens is 1. The second-order valence-corrected chi connectivity index (χ2v) is 7.60. The van der Waals surface area contributed by atoms with Gasteiger partial charge in [-0.1, -0.05) is 15.9 Å². The van der Waals surface area contributed by atoms with Gasteiger partial charge in [0, 0.05) is 30.9 Å². The molecule has 1 aromatic carbocycles. The van der Waals surface area contributed by atoms with Crippen LogP contribution >= 0.6 is 15.9 Å². The zero-order valence-corrected chi connectivity index (χ0v) is 16.5. The minimum Gasteiger partial charge on any atom is -0.380 e. The second-order valence-electron chi connectivity index (χ2n) is 6.68. The third-order valence-corrected chi connectivity index (χ3v) is 5.30. The minimum atomic E-state index is -0.176. The summed E-state index contributed by atoms with van der Waals surface area (Å²) in [7, 11) is 1.71. The van der Waals surface area contributed by atoms with Crippen LogP contribution in [0.5, 0.6) is 0 Å². The van der Waals surface area contributed by atoms with Crippen molar-refractivity contribution in [2.75, 3.05) is 25.1 Å². The summed E-state index contributed by atoms with van der Waals surface area (Å²) in [4.78, 5) is 22.1. The highest BCUT2D eigenvalue weighted by Crippen LogP contribution is 2.25. The lowest BCUT2D eigenvalue weighted by molar-refractivity contribution is 0.121. The molecule has 0 amide bonds. The zero-order chi connectivity index (χ0) is 18.4. The fourth-order valence-corrected chi connectivity index (χ4v) is 4.23. The largest absolute Gasteiger partial charge is 0.380 e. The highest BCUT2D eigenvalue weighted by Gasteiger charge is 2.24. The van der Waals surface area contributed by atoms with Crippen LogP contribution in [0.1, 0.15) is 17.5 Å². The Kier molecular flexibility index (Phi) is 4.32. The number of anilines is 1. The monoisotopic (exact) mass is 417 g/mol. The first-order valence-corrected chi connectivity index (χ1v) is 9.30. The van der Waals surface area contributed by atoms with E-state index in [1.54, 1.807) is 18.0 Å². The average Bonchev–Trinajstić information content (AvgIpc) is 3.20. The normalized spacial score (nSPS) is 17.4. The van der Waals surface area contributed by atoms with E-state index < -0.39 is 0 Å². The Morgan fingerprint density at radius 2 is 2.04 bits per heavy atom. The number of aryl methyl sites for hydroxylation is 2. The predicted molar refractivity (Wildman–Crippen MR) is 104 cm³/mol. The Hall–Kier alpha value is -2.19. The zero-order valence-electron chi connectivity index (χ0n) is 14.9. The van der Waals surface area contributed by atoms with Crippen molar-refractivity contribution in [2.24, 2.45) is 0 Å². The summed E-state index contributed by atoms with van der Waals surface area (Å²) in [5.41, 5.74) is 3.39. The van der Waals surface area contributed by atoms with Gasteiger partial charge in [-0.05, 0) is 43.5 Å². The first-order chi connectivity index (χ1) is 12.5. The van der Waals surface area contributed by atoms with Gasteiger partial charge in [0.25, 0.3) is 5.56 Å². The van der Waals surface area contributed by atoms with Crippen LogP contribution in [0.25, 0.3) is 16.7 Å². The van der Waals surface area contributed by atoms with Gasteiger partial charge in [-0.25, -0.2) is 4.68 Å². The Labute approximate surface area is 159 Å². The topological polar surface area (TPSA) is 76.0 Å². The fourth-order valence-electron chi connectivity index (χ4n) is 3.55. The van der Waals surface area contributed by atoms with E-state index in [4.69, 9.17) is 4.74 Å². The SMILES string of the molecule is CO[C@@H]1CCN(c2nc3nn(-c4c(C)cc(Br)cc4C)cc3c(=O)[nH]2)C1. The molecule has 26 heavy (non-hydrogen) atoms. The molecule has 0 saturated carbocycles. The molecule has 3 aromatic rings. The van der Waals surface area contributed by atoms with Crippen molar-refractivity contribution in [2.45, 2.75) is 26.4 Å². The van der Waals surface area contributed by atoms with Crippen molar-refractivity contribution in [3.8, 4) is 5.69 Å².